The second-order valence-electron chi connectivity index (χ2n) is 6.21. The molecule has 0 fully saturated rings. The predicted octanol–water partition coefficient (Wildman–Crippen LogP) is 3.71. The monoisotopic (exact) mass is 312 g/mol. The highest BCUT2D eigenvalue weighted by Crippen LogP contribution is 2.33. The summed E-state index contributed by atoms with van der Waals surface area (Å²) in [6.07, 6.45) is 0. The van der Waals surface area contributed by atoms with Crippen molar-refractivity contribution in [3.05, 3.63) is 30.1 Å². The first-order valence-electron chi connectivity index (χ1n) is 8.15. The van der Waals surface area contributed by atoms with Crippen LogP contribution in [0.25, 0.3) is 21.9 Å². The van der Waals surface area contributed by atoms with Crippen molar-refractivity contribution in [1.29, 1.82) is 0 Å². The van der Waals surface area contributed by atoms with E-state index in [2.05, 4.69) is 29.5 Å². The highest BCUT2D eigenvalue weighted by molar-refractivity contribution is 6.06. The van der Waals surface area contributed by atoms with Gasteiger partial charge in [-0.25, -0.2) is 9.97 Å². The number of aryl methyl sites for hydroxylation is 1. The number of aromatic nitrogens is 3. The fourth-order valence-corrected chi connectivity index (χ4v) is 3.14. The first-order chi connectivity index (χ1) is 11.0. The second-order valence-corrected chi connectivity index (χ2v) is 6.21. The molecule has 0 spiro atoms. The van der Waals surface area contributed by atoms with Crippen LogP contribution in [0, 0.1) is 12.8 Å². The first-order valence-corrected chi connectivity index (χ1v) is 8.15. The summed E-state index contributed by atoms with van der Waals surface area (Å²) >= 11 is 0. The minimum Gasteiger partial charge on any atom is -0.382 e. The maximum absolute atomic E-state index is 6.16. The Labute approximate surface area is 136 Å². The van der Waals surface area contributed by atoms with Gasteiger partial charge in [-0.3, -0.25) is 0 Å². The summed E-state index contributed by atoms with van der Waals surface area (Å²) in [7, 11) is 0. The molecule has 0 saturated heterocycles. The van der Waals surface area contributed by atoms with Gasteiger partial charge in [0, 0.05) is 12.0 Å². The lowest BCUT2D eigenvalue weighted by atomic mass is 10.0. The number of hydrogen-bond donors (Lipinski definition) is 1. The lowest BCUT2D eigenvalue weighted by molar-refractivity contribution is 0.0972. The molecule has 0 bridgehead atoms. The molecule has 122 valence electrons. The standard InChI is InChI=1S/C18H24N4O/c1-5-23-10-15(11(2)3)22-12(4)20-16-17(22)13-8-6-7-9-14(13)21-18(16)19/h6-9,11,15H,5,10H2,1-4H3,(H2,19,21). The average molecular weight is 312 g/mol. The van der Waals surface area contributed by atoms with Crippen molar-refractivity contribution in [2.75, 3.05) is 18.9 Å². The molecule has 0 aliphatic heterocycles. The zero-order valence-corrected chi connectivity index (χ0v) is 14.2. The van der Waals surface area contributed by atoms with Gasteiger partial charge in [-0.05, 0) is 25.8 Å². The van der Waals surface area contributed by atoms with Crippen LogP contribution in [0.4, 0.5) is 5.82 Å². The number of nitrogens with two attached hydrogens (primary N) is 1. The Hall–Kier alpha value is -2.14. The highest BCUT2D eigenvalue weighted by atomic mass is 16.5. The second kappa shape index (κ2) is 6.16. The van der Waals surface area contributed by atoms with E-state index in [-0.39, 0.29) is 6.04 Å². The summed E-state index contributed by atoms with van der Waals surface area (Å²) in [5.41, 5.74) is 8.90. The minimum absolute atomic E-state index is 0.213. The Morgan fingerprint density at radius 1 is 1.22 bits per heavy atom. The summed E-state index contributed by atoms with van der Waals surface area (Å²) in [5, 5.41) is 1.08. The van der Waals surface area contributed by atoms with Crippen LogP contribution in [0.1, 0.15) is 32.6 Å². The molecule has 3 aromatic rings. The van der Waals surface area contributed by atoms with E-state index in [4.69, 9.17) is 15.5 Å². The molecule has 2 N–H and O–H groups in total. The summed E-state index contributed by atoms with van der Waals surface area (Å²) < 4.78 is 8.01. The lowest BCUT2D eigenvalue weighted by Gasteiger charge is -2.25. The van der Waals surface area contributed by atoms with Gasteiger partial charge in [-0.1, -0.05) is 32.0 Å². The molecule has 5 heteroatoms. The summed E-state index contributed by atoms with van der Waals surface area (Å²) in [5.74, 6) is 1.86. The van der Waals surface area contributed by atoms with Crippen molar-refractivity contribution >= 4 is 27.8 Å². The number of anilines is 1. The van der Waals surface area contributed by atoms with Crippen molar-refractivity contribution in [3.8, 4) is 0 Å². The van der Waals surface area contributed by atoms with E-state index in [1.54, 1.807) is 0 Å². The van der Waals surface area contributed by atoms with Crippen LogP contribution in [0.15, 0.2) is 24.3 Å². The van der Waals surface area contributed by atoms with Crippen LogP contribution in [-0.2, 0) is 4.74 Å². The zero-order valence-electron chi connectivity index (χ0n) is 14.2. The number of nitrogens with zero attached hydrogens (tertiary/aromatic N) is 3. The largest absolute Gasteiger partial charge is 0.382 e. The van der Waals surface area contributed by atoms with Gasteiger partial charge in [0.15, 0.2) is 5.82 Å². The summed E-state index contributed by atoms with van der Waals surface area (Å²) in [6, 6.07) is 8.29. The minimum atomic E-state index is 0.213. The Morgan fingerprint density at radius 2 is 1.96 bits per heavy atom. The van der Waals surface area contributed by atoms with Gasteiger partial charge in [-0.15, -0.1) is 0 Å². The van der Waals surface area contributed by atoms with Crippen LogP contribution in [0.5, 0.6) is 0 Å². The van der Waals surface area contributed by atoms with E-state index in [0.717, 1.165) is 27.8 Å². The third kappa shape index (κ3) is 2.65. The number of hydrogen-bond acceptors (Lipinski definition) is 4. The molecule has 3 rings (SSSR count). The van der Waals surface area contributed by atoms with E-state index < -0.39 is 0 Å². The number of benzene rings is 1. The third-order valence-corrected chi connectivity index (χ3v) is 4.32. The van der Waals surface area contributed by atoms with Gasteiger partial charge in [0.25, 0.3) is 0 Å². The average Bonchev–Trinajstić information content (AvgIpc) is 2.86. The maximum atomic E-state index is 6.16. The Bertz CT molecular complexity index is 838. The van der Waals surface area contributed by atoms with E-state index in [1.165, 1.54) is 0 Å². The van der Waals surface area contributed by atoms with E-state index in [9.17, 15) is 0 Å². The molecule has 23 heavy (non-hydrogen) atoms. The topological polar surface area (TPSA) is 66.0 Å². The normalized spacial score (nSPS) is 13.3. The molecule has 0 aliphatic carbocycles. The van der Waals surface area contributed by atoms with Gasteiger partial charge < -0.3 is 15.0 Å². The number of pyridine rings is 1. The lowest BCUT2D eigenvalue weighted by Crippen LogP contribution is -2.22. The molecule has 1 aromatic carbocycles. The van der Waals surface area contributed by atoms with Crippen molar-refractivity contribution in [3.63, 3.8) is 0 Å². The molecule has 1 unspecified atom stereocenters. The number of imidazole rings is 1. The molecule has 1 atom stereocenters. The molecule has 0 saturated carbocycles. The molecular weight excluding hydrogens is 288 g/mol. The smallest absolute Gasteiger partial charge is 0.152 e. The molecule has 5 nitrogen and oxygen atoms in total. The van der Waals surface area contributed by atoms with Crippen LogP contribution in [0.2, 0.25) is 0 Å². The van der Waals surface area contributed by atoms with Crippen molar-refractivity contribution < 1.29 is 4.74 Å². The number of rotatable bonds is 5. The van der Waals surface area contributed by atoms with Crippen LogP contribution < -0.4 is 5.73 Å². The Balaban J connectivity index is 2.33. The molecule has 2 aromatic heterocycles. The third-order valence-electron chi connectivity index (χ3n) is 4.32. The molecule has 0 radical (unpaired) electrons. The van der Waals surface area contributed by atoms with Gasteiger partial charge in [-0.2, -0.15) is 0 Å². The number of nitrogen functional groups attached to an aromatic ring is 1. The molecule has 2 heterocycles. The van der Waals surface area contributed by atoms with E-state index in [0.29, 0.717) is 24.9 Å². The van der Waals surface area contributed by atoms with Gasteiger partial charge in [0.05, 0.1) is 23.7 Å². The van der Waals surface area contributed by atoms with Crippen LogP contribution >= 0.6 is 0 Å². The Morgan fingerprint density at radius 3 is 2.65 bits per heavy atom. The summed E-state index contributed by atoms with van der Waals surface area (Å²) in [4.78, 5) is 9.19. The summed E-state index contributed by atoms with van der Waals surface area (Å²) in [6.45, 7) is 9.84. The first kappa shape index (κ1) is 15.7. The van der Waals surface area contributed by atoms with Crippen molar-refractivity contribution in [1.82, 2.24) is 14.5 Å². The number of ether oxygens (including phenoxy) is 1. The predicted molar refractivity (Wildman–Crippen MR) is 94.6 cm³/mol. The van der Waals surface area contributed by atoms with Gasteiger partial charge in [0.2, 0.25) is 0 Å². The molecule has 0 aliphatic rings. The number of fused-ring (bicyclic) bond motifs is 3. The van der Waals surface area contributed by atoms with Gasteiger partial charge >= 0.3 is 0 Å². The van der Waals surface area contributed by atoms with Crippen LogP contribution in [-0.4, -0.2) is 27.7 Å². The highest BCUT2D eigenvalue weighted by Gasteiger charge is 2.23. The maximum Gasteiger partial charge on any atom is 0.152 e. The SMILES string of the molecule is CCOCC(C(C)C)n1c(C)nc2c(N)nc3ccccc3c21. The number of para-hydroxylation sites is 1. The molecule has 0 amide bonds. The van der Waals surface area contributed by atoms with Gasteiger partial charge in [0.1, 0.15) is 11.3 Å². The van der Waals surface area contributed by atoms with E-state index >= 15 is 0 Å². The zero-order chi connectivity index (χ0) is 16.6. The fourth-order valence-electron chi connectivity index (χ4n) is 3.14. The fraction of sp³-hybridized carbons (Fsp3) is 0.444. The Kier molecular flexibility index (Phi) is 4.22. The molecular formula is C18H24N4O. The van der Waals surface area contributed by atoms with Crippen molar-refractivity contribution in [2.45, 2.75) is 33.7 Å². The quantitative estimate of drug-likeness (QED) is 0.780. The van der Waals surface area contributed by atoms with Crippen LogP contribution in [0.3, 0.4) is 0 Å². The van der Waals surface area contributed by atoms with E-state index in [1.807, 2.05) is 32.0 Å². The van der Waals surface area contributed by atoms with Crippen molar-refractivity contribution in [2.24, 2.45) is 5.92 Å².